The van der Waals surface area contributed by atoms with E-state index in [-0.39, 0.29) is 6.61 Å². The molecule has 0 aliphatic heterocycles. The molecule has 120 valence electrons. The van der Waals surface area contributed by atoms with E-state index in [9.17, 15) is 0 Å². The number of aliphatic hydroxyl groups is 1. The first kappa shape index (κ1) is 18.1. The van der Waals surface area contributed by atoms with Gasteiger partial charge in [-0.25, -0.2) is 0 Å². The van der Waals surface area contributed by atoms with Gasteiger partial charge in [0.05, 0.1) is 13.7 Å². The highest BCUT2D eigenvalue weighted by Crippen LogP contribution is 2.30. The molecular formula is C17H27ClO3. The summed E-state index contributed by atoms with van der Waals surface area (Å²) in [5.74, 6) is 3.19. The molecule has 1 atom stereocenters. The van der Waals surface area contributed by atoms with Crippen LogP contribution in [0, 0.1) is 11.8 Å². The Morgan fingerprint density at radius 1 is 1.19 bits per heavy atom. The van der Waals surface area contributed by atoms with E-state index in [0.717, 1.165) is 30.8 Å². The number of benzene rings is 1. The molecule has 0 fully saturated rings. The van der Waals surface area contributed by atoms with Gasteiger partial charge in [0.1, 0.15) is 0 Å². The maximum absolute atomic E-state index is 8.79. The van der Waals surface area contributed by atoms with E-state index in [1.807, 2.05) is 12.1 Å². The molecule has 0 saturated heterocycles. The first-order valence-electron chi connectivity index (χ1n) is 7.58. The Kier molecular flexibility index (Phi) is 8.55. The number of rotatable bonds is 10. The van der Waals surface area contributed by atoms with E-state index in [1.165, 1.54) is 5.56 Å². The average Bonchev–Trinajstić information content (AvgIpc) is 2.49. The molecule has 0 aromatic heterocycles. The summed E-state index contributed by atoms with van der Waals surface area (Å²) in [5, 5.41) is 8.79. The quantitative estimate of drug-likeness (QED) is 0.526. The summed E-state index contributed by atoms with van der Waals surface area (Å²) in [4.78, 5) is 0. The fourth-order valence-corrected chi connectivity index (χ4v) is 2.59. The summed E-state index contributed by atoms with van der Waals surface area (Å²) in [7, 11) is 1.64. The monoisotopic (exact) mass is 314 g/mol. The molecule has 0 saturated carbocycles. The maximum Gasteiger partial charge on any atom is 0.161 e. The van der Waals surface area contributed by atoms with Gasteiger partial charge in [0.15, 0.2) is 11.5 Å². The smallest absolute Gasteiger partial charge is 0.161 e. The van der Waals surface area contributed by atoms with Gasteiger partial charge in [-0.1, -0.05) is 19.9 Å². The second-order valence-electron chi connectivity index (χ2n) is 5.63. The molecule has 3 nitrogen and oxygen atoms in total. The molecule has 0 bridgehead atoms. The van der Waals surface area contributed by atoms with Crippen molar-refractivity contribution < 1.29 is 14.6 Å². The van der Waals surface area contributed by atoms with Gasteiger partial charge in [-0.2, -0.15) is 0 Å². The summed E-state index contributed by atoms with van der Waals surface area (Å²) in [5.41, 5.74) is 1.22. The summed E-state index contributed by atoms with van der Waals surface area (Å²) >= 11 is 6.05. The van der Waals surface area contributed by atoms with Crippen LogP contribution in [0.2, 0.25) is 0 Å². The third-order valence-electron chi connectivity index (χ3n) is 3.68. The van der Waals surface area contributed by atoms with Crippen LogP contribution in [0.25, 0.3) is 0 Å². The molecule has 0 aliphatic carbocycles. The zero-order chi connectivity index (χ0) is 15.7. The third kappa shape index (κ3) is 6.15. The van der Waals surface area contributed by atoms with Gasteiger partial charge in [-0.15, -0.1) is 11.6 Å². The molecule has 0 aliphatic rings. The highest BCUT2D eigenvalue weighted by molar-refractivity contribution is 6.18. The lowest BCUT2D eigenvalue weighted by Crippen LogP contribution is -2.13. The van der Waals surface area contributed by atoms with Crippen molar-refractivity contribution in [3.63, 3.8) is 0 Å². The summed E-state index contributed by atoms with van der Waals surface area (Å²) in [6.07, 6.45) is 2.53. The molecular weight excluding hydrogens is 288 g/mol. The highest BCUT2D eigenvalue weighted by Gasteiger charge is 2.14. The zero-order valence-electron chi connectivity index (χ0n) is 13.3. The lowest BCUT2D eigenvalue weighted by molar-refractivity contribution is 0.247. The molecule has 21 heavy (non-hydrogen) atoms. The van der Waals surface area contributed by atoms with E-state index in [2.05, 4.69) is 19.9 Å². The van der Waals surface area contributed by atoms with E-state index < -0.39 is 0 Å². The number of methoxy groups -OCH3 is 1. The standard InChI is InChI=1S/C17H27ClO3/c1-13(2)15(12-18)10-14-6-7-16(20-3)17(11-14)21-9-5-4-8-19/h6-7,11,13,15,19H,4-5,8-10,12H2,1-3H3/t15-/m0/s1. The Morgan fingerprint density at radius 2 is 1.95 bits per heavy atom. The van der Waals surface area contributed by atoms with Gasteiger partial charge in [-0.05, 0) is 48.8 Å². The van der Waals surface area contributed by atoms with Crippen LogP contribution in [0.3, 0.4) is 0 Å². The Morgan fingerprint density at radius 3 is 2.52 bits per heavy atom. The van der Waals surface area contributed by atoms with Crippen molar-refractivity contribution in [2.45, 2.75) is 33.1 Å². The molecule has 0 unspecified atom stereocenters. The lowest BCUT2D eigenvalue weighted by Gasteiger charge is -2.19. The Balaban J connectivity index is 2.74. The largest absolute Gasteiger partial charge is 0.493 e. The highest BCUT2D eigenvalue weighted by atomic mass is 35.5. The van der Waals surface area contributed by atoms with E-state index in [1.54, 1.807) is 7.11 Å². The summed E-state index contributed by atoms with van der Waals surface area (Å²) < 4.78 is 11.1. The number of hydrogen-bond donors (Lipinski definition) is 1. The number of alkyl halides is 1. The van der Waals surface area contributed by atoms with Gasteiger partial charge in [0.25, 0.3) is 0 Å². The average molecular weight is 315 g/mol. The van der Waals surface area contributed by atoms with Crippen molar-refractivity contribution in [3.8, 4) is 11.5 Å². The van der Waals surface area contributed by atoms with Crippen LogP contribution >= 0.6 is 11.6 Å². The van der Waals surface area contributed by atoms with Gasteiger partial charge in [0, 0.05) is 12.5 Å². The van der Waals surface area contributed by atoms with Crippen molar-refractivity contribution >= 4 is 11.6 Å². The molecule has 4 heteroatoms. The molecule has 0 spiro atoms. The van der Waals surface area contributed by atoms with Gasteiger partial charge in [0.2, 0.25) is 0 Å². The second kappa shape index (κ2) is 9.91. The van der Waals surface area contributed by atoms with Crippen LogP contribution < -0.4 is 9.47 Å². The SMILES string of the molecule is COc1ccc(C[C@@H](CCl)C(C)C)cc1OCCCCO. The van der Waals surface area contributed by atoms with Crippen LogP contribution in [0.1, 0.15) is 32.3 Å². The van der Waals surface area contributed by atoms with E-state index >= 15 is 0 Å². The Labute approximate surface area is 133 Å². The fourth-order valence-electron chi connectivity index (χ4n) is 2.13. The zero-order valence-corrected chi connectivity index (χ0v) is 14.0. The van der Waals surface area contributed by atoms with Crippen molar-refractivity contribution in [3.05, 3.63) is 23.8 Å². The molecule has 0 radical (unpaired) electrons. The van der Waals surface area contributed by atoms with Gasteiger partial charge >= 0.3 is 0 Å². The first-order valence-corrected chi connectivity index (χ1v) is 8.12. The van der Waals surface area contributed by atoms with Crippen LogP contribution in [0.4, 0.5) is 0 Å². The van der Waals surface area contributed by atoms with Crippen molar-refractivity contribution in [1.29, 1.82) is 0 Å². The maximum atomic E-state index is 8.79. The molecule has 0 heterocycles. The molecule has 1 aromatic rings. The number of halogens is 1. The topological polar surface area (TPSA) is 38.7 Å². The Hall–Kier alpha value is -0.930. The summed E-state index contributed by atoms with van der Waals surface area (Å²) in [6, 6.07) is 6.06. The number of ether oxygens (including phenoxy) is 2. The van der Waals surface area contributed by atoms with Crippen LogP contribution in [0.15, 0.2) is 18.2 Å². The number of hydrogen-bond acceptors (Lipinski definition) is 3. The number of aliphatic hydroxyl groups excluding tert-OH is 1. The van der Waals surface area contributed by atoms with Crippen LogP contribution in [-0.2, 0) is 6.42 Å². The molecule has 1 rings (SSSR count). The van der Waals surface area contributed by atoms with Crippen LogP contribution in [-0.4, -0.2) is 31.3 Å². The van der Waals surface area contributed by atoms with Crippen LogP contribution in [0.5, 0.6) is 11.5 Å². The Bertz CT molecular complexity index is 407. The van der Waals surface area contributed by atoms with Crippen molar-refractivity contribution in [2.24, 2.45) is 11.8 Å². The predicted octanol–water partition coefficient (Wildman–Crippen LogP) is 3.90. The van der Waals surface area contributed by atoms with Gasteiger partial charge in [-0.3, -0.25) is 0 Å². The normalized spacial score (nSPS) is 12.5. The second-order valence-corrected chi connectivity index (χ2v) is 5.94. The minimum atomic E-state index is 0.201. The fraction of sp³-hybridized carbons (Fsp3) is 0.647. The molecule has 1 aromatic carbocycles. The minimum absolute atomic E-state index is 0.201. The summed E-state index contributed by atoms with van der Waals surface area (Å²) in [6.45, 7) is 5.18. The van der Waals surface area contributed by atoms with Crippen molar-refractivity contribution in [1.82, 2.24) is 0 Å². The van der Waals surface area contributed by atoms with Crippen molar-refractivity contribution in [2.75, 3.05) is 26.2 Å². The minimum Gasteiger partial charge on any atom is -0.493 e. The predicted molar refractivity (Wildman–Crippen MR) is 87.6 cm³/mol. The number of unbranched alkanes of at least 4 members (excludes halogenated alkanes) is 1. The third-order valence-corrected chi connectivity index (χ3v) is 4.07. The van der Waals surface area contributed by atoms with E-state index in [0.29, 0.717) is 24.3 Å². The molecule has 0 amide bonds. The van der Waals surface area contributed by atoms with Gasteiger partial charge < -0.3 is 14.6 Å². The molecule has 1 N–H and O–H groups in total. The first-order chi connectivity index (χ1) is 10.1. The van der Waals surface area contributed by atoms with E-state index in [4.69, 9.17) is 26.2 Å². The lowest BCUT2D eigenvalue weighted by atomic mass is 9.91.